The van der Waals surface area contributed by atoms with Crippen LogP contribution in [0.1, 0.15) is 16.1 Å². The van der Waals surface area contributed by atoms with E-state index in [9.17, 15) is 9.59 Å². The first-order valence-corrected chi connectivity index (χ1v) is 7.85. The Bertz CT molecular complexity index is 800. The van der Waals surface area contributed by atoms with Gasteiger partial charge in [0.1, 0.15) is 12.4 Å². The molecule has 1 aromatic carbocycles. The van der Waals surface area contributed by atoms with Crippen LogP contribution < -0.4 is 14.8 Å². The number of aryl methyl sites for hydroxylation is 1. The molecular formula is C18H21N3O5. The van der Waals surface area contributed by atoms with Crippen LogP contribution in [0.4, 0.5) is 5.82 Å². The number of nitrogens with one attached hydrogen (secondary N) is 1. The van der Waals surface area contributed by atoms with E-state index in [0.29, 0.717) is 35.2 Å². The van der Waals surface area contributed by atoms with E-state index in [1.54, 1.807) is 37.3 Å². The fraction of sp³-hybridized carbons (Fsp3) is 0.278. The van der Waals surface area contributed by atoms with Crippen molar-refractivity contribution in [3.8, 4) is 11.5 Å². The Morgan fingerprint density at radius 2 is 2.12 bits per heavy atom. The predicted octanol–water partition coefficient (Wildman–Crippen LogP) is 2.27. The van der Waals surface area contributed by atoms with Crippen molar-refractivity contribution in [1.82, 2.24) is 10.1 Å². The van der Waals surface area contributed by atoms with E-state index in [4.69, 9.17) is 14.0 Å². The number of methoxy groups -OCH3 is 1. The van der Waals surface area contributed by atoms with E-state index >= 15 is 0 Å². The van der Waals surface area contributed by atoms with Gasteiger partial charge in [0.05, 0.1) is 13.7 Å². The minimum Gasteiger partial charge on any atom is -0.493 e. The Hall–Kier alpha value is -3.29. The van der Waals surface area contributed by atoms with Crippen molar-refractivity contribution in [1.29, 1.82) is 0 Å². The molecule has 8 heteroatoms. The summed E-state index contributed by atoms with van der Waals surface area (Å²) in [7, 11) is 3.02. The number of carbonyl (C=O) groups excluding carboxylic acids is 2. The van der Waals surface area contributed by atoms with Crippen molar-refractivity contribution in [2.45, 2.75) is 6.92 Å². The molecule has 0 unspecified atom stereocenters. The van der Waals surface area contributed by atoms with Crippen molar-refractivity contribution in [3.05, 3.63) is 48.2 Å². The fourth-order valence-electron chi connectivity index (χ4n) is 2.18. The largest absolute Gasteiger partial charge is 0.493 e. The molecule has 0 radical (unpaired) electrons. The zero-order chi connectivity index (χ0) is 19.1. The van der Waals surface area contributed by atoms with Gasteiger partial charge in [0.25, 0.3) is 5.91 Å². The molecule has 1 aromatic heterocycles. The summed E-state index contributed by atoms with van der Waals surface area (Å²) in [5.41, 5.74) is 0.375. The van der Waals surface area contributed by atoms with Gasteiger partial charge in [-0.2, -0.15) is 0 Å². The van der Waals surface area contributed by atoms with Crippen LogP contribution in [0.15, 0.2) is 41.4 Å². The van der Waals surface area contributed by atoms with Gasteiger partial charge < -0.3 is 24.2 Å². The van der Waals surface area contributed by atoms with Crippen LogP contribution in [0, 0.1) is 6.92 Å². The van der Waals surface area contributed by atoms with Gasteiger partial charge in [0.2, 0.25) is 5.91 Å². The maximum absolute atomic E-state index is 12.5. The molecule has 8 nitrogen and oxygen atoms in total. The number of carbonyl (C=O) groups is 2. The quantitative estimate of drug-likeness (QED) is 0.727. The minimum absolute atomic E-state index is 0.137. The summed E-state index contributed by atoms with van der Waals surface area (Å²) in [5.74, 6) is 1.10. The lowest BCUT2D eigenvalue weighted by Crippen LogP contribution is -2.35. The third-order valence-electron chi connectivity index (χ3n) is 3.39. The van der Waals surface area contributed by atoms with Gasteiger partial charge in [-0.15, -0.1) is 0 Å². The van der Waals surface area contributed by atoms with Gasteiger partial charge in [0.15, 0.2) is 17.3 Å². The highest BCUT2D eigenvalue weighted by molar-refractivity contribution is 5.99. The topological polar surface area (TPSA) is 93.9 Å². The number of hydrogen-bond donors (Lipinski definition) is 1. The zero-order valence-corrected chi connectivity index (χ0v) is 14.9. The molecule has 2 amide bonds. The van der Waals surface area contributed by atoms with Gasteiger partial charge in [0, 0.05) is 18.7 Å². The van der Waals surface area contributed by atoms with E-state index in [2.05, 4.69) is 17.1 Å². The summed E-state index contributed by atoms with van der Waals surface area (Å²) in [4.78, 5) is 25.8. The molecular weight excluding hydrogens is 338 g/mol. The molecule has 0 saturated heterocycles. The maximum atomic E-state index is 12.5. The zero-order valence-electron chi connectivity index (χ0n) is 14.9. The highest BCUT2D eigenvalue weighted by atomic mass is 16.5. The summed E-state index contributed by atoms with van der Waals surface area (Å²) in [5, 5.41) is 6.24. The van der Waals surface area contributed by atoms with Crippen LogP contribution in [-0.4, -0.2) is 49.2 Å². The van der Waals surface area contributed by atoms with Crippen molar-refractivity contribution >= 4 is 17.6 Å². The standard InChI is InChI=1S/C18H21N3O5/c1-5-8-25-14-7-6-13(10-15(14)24-4)18(23)21(3)11-17(22)19-16-9-12(2)26-20-16/h5-7,9-10H,1,8,11H2,2-4H3,(H,19,20,22). The van der Waals surface area contributed by atoms with Crippen LogP contribution in [-0.2, 0) is 4.79 Å². The number of anilines is 1. The summed E-state index contributed by atoms with van der Waals surface area (Å²) >= 11 is 0. The molecule has 0 spiro atoms. The molecule has 0 bridgehead atoms. The number of ether oxygens (including phenoxy) is 2. The molecule has 0 aliphatic rings. The molecule has 0 fully saturated rings. The maximum Gasteiger partial charge on any atom is 0.254 e. The van der Waals surface area contributed by atoms with Crippen molar-refractivity contribution < 1.29 is 23.6 Å². The molecule has 0 saturated carbocycles. The minimum atomic E-state index is -0.382. The van der Waals surface area contributed by atoms with Crippen LogP contribution in [0.3, 0.4) is 0 Å². The molecule has 2 rings (SSSR count). The van der Waals surface area contributed by atoms with Crippen molar-refractivity contribution in [3.63, 3.8) is 0 Å². The Kier molecular flexibility index (Phi) is 6.37. The first kappa shape index (κ1) is 19.0. The summed E-state index contributed by atoms with van der Waals surface area (Å²) in [6.45, 7) is 5.49. The van der Waals surface area contributed by atoms with Gasteiger partial charge in [-0.25, -0.2) is 0 Å². The predicted molar refractivity (Wildman–Crippen MR) is 95.5 cm³/mol. The molecule has 1 heterocycles. The first-order valence-electron chi connectivity index (χ1n) is 7.85. The molecule has 2 aromatic rings. The number of amides is 2. The molecule has 138 valence electrons. The van der Waals surface area contributed by atoms with E-state index < -0.39 is 0 Å². The number of benzene rings is 1. The monoisotopic (exact) mass is 359 g/mol. The number of nitrogens with zero attached hydrogens (tertiary/aromatic N) is 2. The fourth-order valence-corrected chi connectivity index (χ4v) is 2.18. The van der Waals surface area contributed by atoms with Gasteiger partial charge in [-0.05, 0) is 25.1 Å². The van der Waals surface area contributed by atoms with Crippen molar-refractivity contribution in [2.24, 2.45) is 0 Å². The lowest BCUT2D eigenvalue weighted by atomic mass is 10.1. The van der Waals surface area contributed by atoms with Gasteiger partial charge in [-0.1, -0.05) is 17.8 Å². The average Bonchev–Trinajstić information content (AvgIpc) is 3.03. The highest BCUT2D eigenvalue weighted by Crippen LogP contribution is 2.28. The lowest BCUT2D eigenvalue weighted by Gasteiger charge is -2.17. The van der Waals surface area contributed by atoms with Gasteiger partial charge in [-0.3, -0.25) is 9.59 Å². The smallest absolute Gasteiger partial charge is 0.254 e. The van der Waals surface area contributed by atoms with Gasteiger partial charge >= 0.3 is 0 Å². The molecule has 0 aliphatic heterocycles. The third kappa shape index (κ3) is 4.85. The van der Waals surface area contributed by atoms with Crippen LogP contribution in [0.25, 0.3) is 0 Å². The highest BCUT2D eigenvalue weighted by Gasteiger charge is 2.18. The van der Waals surface area contributed by atoms with Crippen LogP contribution >= 0.6 is 0 Å². The molecule has 0 atom stereocenters. The second kappa shape index (κ2) is 8.70. The van der Waals surface area contributed by atoms with E-state index in [0.717, 1.165) is 0 Å². The van der Waals surface area contributed by atoms with E-state index in [1.807, 2.05) is 0 Å². The lowest BCUT2D eigenvalue weighted by molar-refractivity contribution is -0.116. The Morgan fingerprint density at radius 1 is 1.35 bits per heavy atom. The average molecular weight is 359 g/mol. The molecule has 26 heavy (non-hydrogen) atoms. The van der Waals surface area contributed by atoms with E-state index in [-0.39, 0.29) is 18.4 Å². The van der Waals surface area contributed by atoms with E-state index in [1.165, 1.54) is 19.1 Å². The molecule has 0 aliphatic carbocycles. The summed E-state index contributed by atoms with van der Waals surface area (Å²) in [6.07, 6.45) is 1.61. The van der Waals surface area contributed by atoms with Crippen LogP contribution in [0.2, 0.25) is 0 Å². The Morgan fingerprint density at radius 3 is 2.73 bits per heavy atom. The molecule has 1 N–H and O–H groups in total. The SMILES string of the molecule is C=CCOc1ccc(C(=O)N(C)CC(=O)Nc2cc(C)on2)cc1OC. The number of aromatic nitrogens is 1. The second-order valence-corrected chi connectivity index (χ2v) is 5.50. The summed E-state index contributed by atoms with van der Waals surface area (Å²) in [6, 6.07) is 6.41. The summed E-state index contributed by atoms with van der Waals surface area (Å²) < 4.78 is 15.6. The van der Waals surface area contributed by atoms with Crippen molar-refractivity contribution in [2.75, 3.05) is 32.6 Å². The Labute approximate surface area is 151 Å². The second-order valence-electron chi connectivity index (χ2n) is 5.50. The number of likely N-dealkylation sites (N-methyl/N-ethyl adjacent to an activating group) is 1. The van der Waals surface area contributed by atoms with Crippen LogP contribution in [0.5, 0.6) is 11.5 Å². The normalized spacial score (nSPS) is 10.1. The Balaban J connectivity index is 2.02. The third-order valence-corrected chi connectivity index (χ3v) is 3.39. The number of rotatable bonds is 8. The first-order chi connectivity index (χ1) is 12.4. The number of hydrogen-bond acceptors (Lipinski definition) is 6.